The number of nitrogens with zero attached hydrogens (tertiary/aromatic N) is 2. The highest BCUT2D eigenvalue weighted by Crippen LogP contribution is 2.35. The van der Waals surface area contributed by atoms with Gasteiger partial charge in [-0.2, -0.15) is 0 Å². The van der Waals surface area contributed by atoms with Gasteiger partial charge in [0.05, 0.1) is 0 Å². The largest absolute Gasteiger partial charge is 0.373 e. The first-order chi connectivity index (χ1) is 7.27. The fourth-order valence-electron chi connectivity index (χ4n) is 1.44. The molecule has 5 heteroatoms. The van der Waals surface area contributed by atoms with Gasteiger partial charge in [0.1, 0.15) is 16.4 Å². The molecule has 0 saturated heterocycles. The normalized spacial score (nSPS) is 13.9. The third-order valence-corrected chi connectivity index (χ3v) is 3.04. The van der Waals surface area contributed by atoms with E-state index in [1.165, 1.54) is 0 Å². The van der Waals surface area contributed by atoms with E-state index >= 15 is 0 Å². The Bertz CT molecular complexity index is 365. The zero-order chi connectivity index (χ0) is 12.5. The monoisotopic (exact) mass is 262 g/mol. The molecular weight excluding hydrogens is 247 g/mol. The number of hydrogen-bond donors (Lipinski definition) is 0. The maximum absolute atomic E-state index is 5.98. The van der Waals surface area contributed by atoms with E-state index in [1.807, 2.05) is 20.8 Å². The summed E-state index contributed by atoms with van der Waals surface area (Å²) in [5.74, 6) is 0.524. The third-order valence-electron chi connectivity index (χ3n) is 2.30. The highest BCUT2D eigenvalue weighted by Gasteiger charge is 2.29. The molecule has 0 saturated carbocycles. The van der Waals surface area contributed by atoms with Crippen molar-refractivity contribution < 1.29 is 4.74 Å². The molecule has 0 amide bonds. The molecule has 90 valence electrons. The van der Waals surface area contributed by atoms with Crippen molar-refractivity contribution in [2.75, 3.05) is 7.11 Å². The molecule has 1 aromatic rings. The van der Waals surface area contributed by atoms with Crippen LogP contribution in [0.3, 0.4) is 0 Å². The van der Waals surface area contributed by atoms with E-state index in [0.29, 0.717) is 21.7 Å². The van der Waals surface area contributed by atoms with Crippen molar-refractivity contribution in [2.45, 2.75) is 33.8 Å². The number of aromatic nitrogens is 2. The highest BCUT2D eigenvalue weighted by molar-refractivity contribution is 6.34. The number of ether oxygens (including phenoxy) is 1. The van der Waals surface area contributed by atoms with Gasteiger partial charge in [-0.05, 0) is 12.3 Å². The Morgan fingerprint density at radius 1 is 1.12 bits per heavy atom. The summed E-state index contributed by atoms with van der Waals surface area (Å²) in [6, 6.07) is 0. The topological polar surface area (TPSA) is 35.0 Å². The second kappa shape index (κ2) is 4.86. The predicted octanol–water partition coefficient (Wildman–Crippen LogP) is 3.83. The van der Waals surface area contributed by atoms with Crippen LogP contribution in [-0.4, -0.2) is 17.1 Å². The maximum Gasteiger partial charge on any atom is 0.161 e. The molecule has 0 aromatic carbocycles. The van der Waals surface area contributed by atoms with Crippen molar-refractivity contribution in [2.24, 2.45) is 5.41 Å². The molecule has 0 radical (unpaired) electrons. The number of halogens is 2. The molecule has 0 spiro atoms. The first kappa shape index (κ1) is 13.7. The molecule has 0 fully saturated rings. The van der Waals surface area contributed by atoms with Gasteiger partial charge in [0.2, 0.25) is 0 Å². The van der Waals surface area contributed by atoms with Crippen LogP contribution in [-0.2, 0) is 4.74 Å². The number of rotatable bonds is 2. The third kappa shape index (κ3) is 2.84. The molecule has 3 nitrogen and oxygen atoms in total. The zero-order valence-electron chi connectivity index (χ0n) is 10.1. The molecule has 0 aliphatic rings. The summed E-state index contributed by atoms with van der Waals surface area (Å²) >= 11 is 12.0. The van der Waals surface area contributed by atoms with Gasteiger partial charge in [-0.1, -0.05) is 44.0 Å². The molecule has 1 atom stereocenters. The second-order valence-corrected chi connectivity index (χ2v) is 5.49. The highest BCUT2D eigenvalue weighted by atomic mass is 35.5. The summed E-state index contributed by atoms with van der Waals surface area (Å²) < 4.78 is 5.41. The van der Waals surface area contributed by atoms with Crippen molar-refractivity contribution in [1.82, 2.24) is 9.97 Å². The van der Waals surface area contributed by atoms with E-state index in [-0.39, 0.29) is 11.5 Å². The minimum absolute atomic E-state index is 0.114. The number of methoxy groups -OCH3 is 1. The van der Waals surface area contributed by atoms with Crippen LogP contribution in [0.25, 0.3) is 0 Å². The summed E-state index contributed by atoms with van der Waals surface area (Å²) in [7, 11) is 1.63. The Kier molecular flexibility index (Phi) is 4.16. The lowest BCUT2D eigenvalue weighted by Gasteiger charge is -2.28. The van der Waals surface area contributed by atoms with Gasteiger partial charge in [-0.3, -0.25) is 0 Å². The lowest BCUT2D eigenvalue weighted by molar-refractivity contribution is 0.00865. The van der Waals surface area contributed by atoms with E-state index in [2.05, 4.69) is 9.97 Å². The molecule has 0 bridgehead atoms. The summed E-state index contributed by atoms with van der Waals surface area (Å²) in [6.45, 7) is 7.93. The molecule has 0 N–H and O–H groups in total. The quantitative estimate of drug-likeness (QED) is 0.761. The summed E-state index contributed by atoms with van der Waals surface area (Å²) in [5, 5.41) is 0.752. The molecule has 0 aliphatic heterocycles. The van der Waals surface area contributed by atoms with Crippen LogP contribution >= 0.6 is 23.2 Å². The molecule has 16 heavy (non-hydrogen) atoms. The second-order valence-electron chi connectivity index (χ2n) is 4.77. The SMILES string of the molecule is COC(c1nc(Cl)c(C)c(Cl)n1)C(C)(C)C. The van der Waals surface area contributed by atoms with Gasteiger partial charge in [0, 0.05) is 12.7 Å². The minimum atomic E-state index is -0.233. The average Bonchev–Trinajstić information content (AvgIpc) is 2.12. The standard InChI is InChI=1S/C11H16Cl2N2O/c1-6-8(12)14-10(15-9(6)13)7(16-5)11(2,3)4/h7H,1-5H3. The first-order valence-corrected chi connectivity index (χ1v) is 5.75. The van der Waals surface area contributed by atoms with Gasteiger partial charge in [-0.15, -0.1) is 0 Å². The molecule has 1 unspecified atom stereocenters. The van der Waals surface area contributed by atoms with Crippen LogP contribution in [0.15, 0.2) is 0 Å². The van der Waals surface area contributed by atoms with Crippen LogP contribution < -0.4 is 0 Å². The van der Waals surface area contributed by atoms with E-state index in [0.717, 1.165) is 0 Å². The van der Waals surface area contributed by atoms with Gasteiger partial charge in [0.15, 0.2) is 5.82 Å². The maximum atomic E-state index is 5.98. The Labute approximate surface area is 106 Å². The summed E-state index contributed by atoms with van der Waals surface area (Å²) in [5.41, 5.74) is 0.576. The van der Waals surface area contributed by atoms with E-state index < -0.39 is 0 Å². The van der Waals surface area contributed by atoms with Gasteiger partial charge in [-0.25, -0.2) is 9.97 Å². The van der Waals surface area contributed by atoms with Crippen molar-refractivity contribution in [3.05, 3.63) is 21.7 Å². The van der Waals surface area contributed by atoms with Gasteiger partial charge < -0.3 is 4.74 Å². The van der Waals surface area contributed by atoms with Crippen molar-refractivity contribution in [3.63, 3.8) is 0 Å². The van der Waals surface area contributed by atoms with Gasteiger partial charge >= 0.3 is 0 Å². The summed E-state index contributed by atoms with van der Waals surface area (Å²) in [6.07, 6.45) is -0.233. The van der Waals surface area contributed by atoms with E-state index in [4.69, 9.17) is 27.9 Å². The fraction of sp³-hybridized carbons (Fsp3) is 0.636. The van der Waals surface area contributed by atoms with Crippen LogP contribution in [0.2, 0.25) is 10.3 Å². The average molecular weight is 263 g/mol. The lowest BCUT2D eigenvalue weighted by atomic mass is 9.88. The predicted molar refractivity (Wildman–Crippen MR) is 66.0 cm³/mol. The van der Waals surface area contributed by atoms with Crippen LogP contribution in [0.1, 0.15) is 38.3 Å². The van der Waals surface area contributed by atoms with Crippen molar-refractivity contribution in [1.29, 1.82) is 0 Å². The van der Waals surface area contributed by atoms with Crippen molar-refractivity contribution >= 4 is 23.2 Å². The summed E-state index contributed by atoms with van der Waals surface area (Å²) in [4.78, 5) is 8.43. The number of hydrogen-bond acceptors (Lipinski definition) is 3. The molecule has 0 aliphatic carbocycles. The first-order valence-electron chi connectivity index (χ1n) is 4.99. The Balaban J connectivity index is 3.22. The zero-order valence-corrected chi connectivity index (χ0v) is 11.6. The smallest absolute Gasteiger partial charge is 0.161 e. The van der Waals surface area contributed by atoms with Crippen LogP contribution in [0, 0.1) is 12.3 Å². The van der Waals surface area contributed by atoms with E-state index in [1.54, 1.807) is 14.0 Å². The fourth-order valence-corrected chi connectivity index (χ4v) is 1.84. The Morgan fingerprint density at radius 3 is 1.88 bits per heavy atom. The van der Waals surface area contributed by atoms with Crippen LogP contribution in [0.4, 0.5) is 0 Å². The van der Waals surface area contributed by atoms with Crippen LogP contribution in [0.5, 0.6) is 0 Å². The lowest BCUT2D eigenvalue weighted by Crippen LogP contribution is -2.22. The molecule has 1 rings (SSSR count). The Morgan fingerprint density at radius 2 is 1.56 bits per heavy atom. The van der Waals surface area contributed by atoms with Crippen molar-refractivity contribution in [3.8, 4) is 0 Å². The van der Waals surface area contributed by atoms with E-state index in [9.17, 15) is 0 Å². The molecule has 1 aromatic heterocycles. The van der Waals surface area contributed by atoms with Gasteiger partial charge in [0.25, 0.3) is 0 Å². The molecular formula is C11H16Cl2N2O. The molecule has 1 heterocycles. The minimum Gasteiger partial charge on any atom is -0.373 e. The Hall–Kier alpha value is -0.380.